The van der Waals surface area contributed by atoms with Crippen LogP contribution >= 0.6 is 63.7 Å². The van der Waals surface area contributed by atoms with Gasteiger partial charge in [-0.05, 0) is 47.9 Å². The lowest BCUT2D eigenvalue weighted by molar-refractivity contribution is -0.0968. The van der Waals surface area contributed by atoms with Gasteiger partial charge in [-0.25, -0.2) is 0 Å². The molecule has 0 bridgehead atoms. The molecule has 0 aliphatic carbocycles. The number of aryl methyl sites for hydroxylation is 1. The number of hydrogen-bond donors (Lipinski definition) is 1. The molecular formula is C19H20Br4O3. The number of hydrogen-bond acceptors (Lipinski definition) is 3. The molecule has 26 heavy (non-hydrogen) atoms. The summed E-state index contributed by atoms with van der Waals surface area (Å²) in [5.74, 6) is 0.640. The van der Waals surface area contributed by atoms with Crippen LogP contribution in [0.4, 0.5) is 0 Å². The molecule has 142 valence electrons. The molecule has 1 unspecified atom stereocenters. The zero-order valence-corrected chi connectivity index (χ0v) is 21.2. The Kier molecular flexibility index (Phi) is 7.79. The molecule has 0 amide bonds. The molecule has 0 spiro atoms. The van der Waals surface area contributed by atoms with E-state index in [0.717, 1.165) is 29.0 Å². The van der Waals surface area contributed by atoms with E-state index in [-0.39, 0.29) is 12.0 Å². The fraction of sp³-hybridized carbons (Fsp3) is 0.368. The first kappa shape index (κ1) is 22.4. The van der Waals surface area contributed by atoms with Gasteiger partial charge in [0.15, 0.2) is 6.29 Å². The molecule has 0 aliphatic rings. The molecule has 3 nitrogen and oxygen atoms in total. The molecule has 0 radical (unpaired) electrons. The van der Waals surface area contributed by atoms with Gasteiger partial charge in [-0.1, -0.05) is 77.6 Å². The van der Waals surface area contributed by atoms with Crippen molar-refractivity contribution < 1.29 is 14.6 Å². The molecule has 1 atom stereocenters. The van der Waals surface area contributed by atoms with Gasteiger partial charge in [0.05, 0.1) is 0 Å². The summed E-state index contributed by atoms with van der Waals surface area (Å²) in [5.41, 5.74) is 3.14. The van der Waals surface area contributed by atoms with Gasteiger partial charge in [-0.3, -0.25) is 0 Å². The van der Waals surface area contributed by atoms with Crippen LogP contribution in [0.2, 0.25) is 0 Å². The van der Waals surface area contributed by atoms with Gasteiger partial charge >= 0.3 is 0 Å². The third kappa shape index (κ3) is 4.92. The second-order valence-electron chi connectivity index (χ2n) is 6.49. The third-order valence-corrected chi connectivity index (χ3v) is 6.62. The topological polar surface area (TPSA) is 38.7 Å². The van der Waals surface area contributed by atoms with Crippen molar-refractivity contribution in [3.05, 3.63) is 58.8 Å². The number of aliphatic hydroxyl groups excluding tert-OH is 1. The highest BCUT2D eigenvalue weighted by Crippen LogP contribution is 2.47. The molecule has 2 aromatic rings. The van der Waals surface area contributed by atoms with Gasteiger partial charge in [0.1, 0.15) is 12.4 Å². The predicted molar refractivity (Wildman–Crippen MR) is 119 cm³/mol. The van der Waals surface area contributed by atoms with E-state index in [1.807, 2.05) is 12.1 Å². The van der Waals surface area contributed by atoms with Crippen LogP contribution < -0.4 is 4.74 Å². The monoisotopic (exact) mass is 612 g/mol. The Bertz CT molecular complexity index is 759. The van der Waals surface area contributed by atoms with Crippen LogP contribution in [0.25, 0.3) is 0 Å². The van der Waals surface area contributed by atoms with Crippen LogP contribution in [-0.2, 0) is 10.2 Å². The minimum atomic E-state index is -0.955. The number of aliphatic hydroxyl groups is 1. The zero-order valence-electron chi connectivity index (χ0n) is 14.9. The van der Waals surface area contributed by atoms with Gasteiger partial charge in [-0.2, -0.15) is 0 Å². The molecule has 0 aromatic heterocycles. The maximum atomic E-state index is 9.49. The SMILES string of the molecule is COC(O)COc1cc(Br)c(C(C)(C)c2c(Br)cc(C)cc2Br)c(Br)c1. The first-order chi connectivity index (χ1) is 12.1. The van der Waals surface area contributed by atoms with Crippen molar-refractivity contribution in [2.75, 3.05) is 13.7 Å². The average molecular weight is 616 g/mol. The summed E-state index contributed by atoms with van der Waals surface area (Å²) in [6.45, 7) is 6.48. The Labute approximate surface area is 188 Å². The first-order valence-corrected chi connectivity index (χ1v) is 11.0. The highest BCUT2D eigenvalue weighted by atomic mass is 79.9. The van der Waals surface area contributed by atoms with E-state index in [1.54, 1.807) is 0 Å². The van der Waals surface area contributed by atoms with Crippen LogP contribution in [-0.4, -0.2) is 25.1 Å². The second kappa shape index (κ2) is 9.05. The zero-order chi connectivity index (χ0) is 19.6. The molecule has 7 heteroatoms. The number of ether oxygens (including phenoxy) is 2. The summed E-state index contributed by atoms with van der Waals surface area (Å²) >= 11 is 14.8. The summed E-state index contributed by atoms with van der Waals surface area (Å²) < 4.78 is 14.3. The number of benzene rings is 2. The minimum absolute atomic E-state index is 0.0627. The van der Waals surface area contributed by atoms with Gasteiger partial charge in [-0.15, -0.1) is 0 Å². The summed E-state index contributed by atoms with van der Waals surface area (Å²) in [5, 5.41) is 9.49. The Balaban J connectivity index is 2.48. The molecule has 2 rings (SSSR count). The molecule has 0 aliphatic heterocycles. The predicted octanol–water partition coefficient (Wildman–Crippen LogP) is 6.71. The Morgan fingerprint density at radius 2 is 1.35 bits per heavy atom. The second-order valence-corrected chi connectivity index (χ2v) is 9.91. The maximum Gasteiger partial charge on any atom is 0.188 e. The van der Waals surface area contributed by atoms with Gasteiger partial charge in [0.25, 0.3) is 0 Å². The van der Waals surface area contributed by atoms with Gasteiger partial charge in [0.2, 0.25) is 0 Å². The Hall–Kier alpha value is 0.0800. The fourth-order valence-electron chi connectivity index (χ4n) is 2.89. The van der Waals surface area contributed by atoms with E-state index >= 15 is 0 Å². The van der Waals surface area contributed by atoms with Crippen LogP contribution in [0.1, 0.15) is 30.5 Å². The number of halogens is 4. The molecule has 2 aromatic carbocycles. The molecule has 0 heterocycles. The van der Waals surface area contributed by atoms with Crippen molar-refractivity contribution in [1.29, 1.82) is 0 Å². The van der Waals surface area contributed by atoms with E-state index in [4.69, 9.17) is 9.47 Å². The molecule has 1 N–H and O–H groups in total. The van der Waals surface area contributed by atoms with Crippen LogP contribution in [0.15, 0.2) is 42.2 Å². The summed E-state index contributed by atoms with van der Waals surface area (Å²) in [6, 6.07) is 8.04. The van der Waals surface area contributed by atoms with Crippen molar-refractivity contribution in [3.63, 3.8) is 0 Å². The number of methoxy groups -OCH3 is 1. The highest BCUT2D eigenvalue weighted by molar-refractivity contribution is 9.11. The average Bonchev–Trinajstić information content (AvgIpc) is 2.50. The third-order valence-electron chi connectivity index (χ3n) is 4.12. The van der Waals surface area contributed by atoms with Gasteiger partial charge < -0.3 is 14.6 Å². The van der Waals surface area contributed by atoms with E-state index in [0.29, 0.717) is 5.75 Å². The van der Waals surface area contributed by atoms with Crippen LogP contribution in [0, 0.1) is 6.92 Å². The van der Waals surface area contributed by atoms with E-state index in [9.17, 15) is 5.11 Å². The fourth-order valence-corrected chi connectivity index (χ4v) is 7.43. The van der Waals surface area contributed by atoms with E-state index in [1.165, 1.54) is 12.7 Å². The summed E-state index contributed by atoms with van der Waals surface area (Å²) in [7, 11) is 1.43. The van der Waals surface area contributed by atoms with E-state index in [2.05, 4.69) is 96.6 Å². The van der Waals surface area contributed by atoms with Crippen molar-refractivity contribution in [2.45, 2.75) is 32.5 Å². The lowest BCUT2D eigenvalue weighted by Crippen LogP contribution is -2.22. The smallest absolute Gasteiger partial charge is 0.188 e. The number of rotatable bonds is 6. The van der Waals surface area contributed by atoms with Crippen molar-refractivity contribution in [3.8, 4) is 5.75 Å². The van der Waals surface area contributed by atoms with Crippen molar-refractivity contribution in [2.24, 2.45) is 0 Å². The van der Waals surface area contributed by atoms with Crippen LogP contribution in [0.5, 0.6) is 5.75 Å². The first-order valence-electron chi connectivity index (χ1n) is 7.87. The van der Waals surface area contributed by atoms with Gasteiger partial charge in [0, 0.05) is 30.4 Å². The van der Waals surface area contributed by atoms with Crippen molar-refractivity contribution >= 4 is 63.7 Å². The lowest BCUT2D eigenvalue weighted by atomic mass is 9.78. The molecule has 0 fully saturated rings. The summed E-state index contributed by atoms with van der Waals surface area (Å²) in [4.78, 5) is 0. The maximum absolute atomic E-state index is 9.49. The largest absolute Gasteiger partial charge is 0.488 e. The van der Waals surface area contributed by atoms with E-state index < -0.39 is 6.29 Å². The Morgan fingerprint density at radius 1 is 0.923 bits per heavy atom. The molecular weight excluding hydrogens is 596 g/mol. The summed E-state index contributed by atoms with van der Waals surface area (Å²) in [6.07, 6.45) is -0.955. The van der Waals surface area contributed by atoms with Crippen molar-refractivity contribution in [1.82, 2.24) is 0 Å². The molecule has 0 saturated heterocycles. The highest BCUT2D eigenvalue weighted by Gasteiger charge is 2.32. The molecule has 0 saturated carbocycles. The normalized spacial score (nSPS) is 13.0. The lowest BCUT2D eigenvalue weighted by Gasteiger charge is -2.31. The Morgan fingerprint density at radius 3 is 1.77 bits per heavy atom. The minimum Gasteiger partial charge on any atom is -0.488 e. The quantitative estimate of drug-likeness (QED) is 0.367. The van der Waals surface area contributed by atoms with Crippen LogP contribution in [0.3, 0.4) is 0 Å². The standard InChI is InChI=1S/C19H20Br4O3/c1-10-5-12(20)17(13(21)6-10)19(2,3)18-14(22)7-11(8-15(18)23)26-9-16(24)25-4/h5-8,16,24H,9H2,1-4H3.